The number of methoxy groups -OCH3 is 3. The van der Waals surface area contributed by atoms with Crippen molar-refractivity contribution in [2.24, 2.45) is 0 Å². The highest BCUT2D eigenvalue weighted by molar-refractivity contribution is 7.86. The van der Waals surface area contributed by atoms with E-state index in [-0.39, 0.29) is 23.5 Å². The summed E-state index contributed by atoms with van der Waals surface area (Å²) in [6.07, 6.45) is 3.41. The minimum absolute atomic E-state index is 0.0366. The van der Waals surface area contributed by atoms with Crippen molar-refractivity contribution < 1.29 is 27.5 Å². The topological polar surface area (TPSA) is 83.0 Å². The third-order valence-corrected chi connectivity index (χ3v) is 6.69. The summed E-state index contributed by atoms with van der Waals surface area (Å²) >= 11 is 0. The number of ether oxygens (including phenoxy) is 4. The molecule has 0 aliphatic carbocycles. The van der Waals surface area contributed by atoms with E-state index in [1.165, 1.54) is 35.9 Å². The van der Waals surface area contributed by atoms with Gasteiger partial charge in [-0.25, -0.2) is 18.6 Å². The molecule has 0 saturated heterocycles. The van der Waals surface area contributed by atoms with Crippen LogP contribution < -0.4 is 18.5 Å². The maximum atomic E-state index is 15.2. The number of hydrogen-bond donors (Lipinski definition) is 0. The lowest BCUT2D eigenvalue weighted by molar-refractivity contribution is 0.0630. The van der Waals surface area contributed by atoms with Crippen molar-refractivity contribution in [1.29, 1.82) is 0 Å². The normalized spacial score (nSPS) is 15.8. The Morgan fingerprint density at radius 2 is 1.94 bits per heavy atom. The summed E-state index contributed by atoms with van der Waals surface area (Å²) in [6, 6.07) is 9.72. The van der Waals surface area contributed by atoms with Gasteiger partial charge in [0.05, 0.1) is 38.4 Å². The van der Waals surface area contributed by atoms with E-state index < -0.39 is 16.8 Å². The molecular formula is C23H24FN3O5S. The van der Waals surface area contributed by atoms with Gasteiger partial charge >= 0.3 is 0 Å². The minimum Gasteiger partial charge on any atom is -0.497 e. The summed E-state index contributed by atoms with van der Waals surface area (Å²) in [4.78, 5) is 8.44. The Labute approximate surface area is 193 Å². The van der Waals surface area contributed by atoms with E-state index in [4.69, 9.17) is 18.9 Å². The standard InChI is InChI=1S/C23H24FN3O5S/c1-29-16-6-5-15(20(11-16)31-3)14-27(23-25-8-4-9-26-23)33(28)22-13-21-17(12-18(22)24)19(30-2)7-10-32-21/h4-6,8-9,11-13,19H,7,10,14H2,1-3H3. The minimum atomic E-state index is -1.99. The summed E-state index contributed by atoms with van der Waals surface area (Å²) in [5.41, 5.74) is 1.30. The van der Waals surface area contributed by atoms with Crippen molar-refractivity contribution in [1.82, 2.24) is 9.97 Å². The molecule has 2 unspecified atom stereocenters. The molecule has 0 radical (unpaired) electrons. The van der Waals surface area contributed by atoms with Crippen molar-refractivity contribution in [3.05, 3.63) is 65.7 Å². The Morgan fingerprint density at radius 3 is 2.64 bits per heavy atom. The second kappa shape index (κ2) is 10.1. The van der Waals surface area contributed by atoms with E-state index in [0.717, 1.165) is 0 Å². The second-order valence-corrected chi connectivity index (χ2v) is 8.57. The van der Waals surface area contributed by atoms with Crippen LogP contribution in [0.15, 0.2) is 53.7 Å². The van der Waals surface area contributed by atoms with E-state index in [9.17, 15) is 4.21 Å². The SMILES string of the molecule is COc1ccc(CN(c2ncccn2)S(=O)c2cc3c(cc2F)C(OC)CCO3)c(OC)c1. The second-order valence-electron chi connectivity index (χ2n) is 7.19. The van der Waals surface area contributed by atoms with Crippen molar-refractivity contribution in [2.75, 3.05) is 32.2 Å². The molecule has 0 amide bonds. The number of anilines is 1. The van der Waals surface area contributed by atoms with Gasteiger partial charge in [-0.3, -0.25) is 4.31 Å². The summed E-state index contributed by atoms with van der Waals surface area (Å²) in [7, 11) is 2.67. The molecule has 1 aliphatic rings. The molecular weight excluding hydrogens is 449 g/mol. The van der Waals surface area contributed by atoms with Crippen molar-refractivity contribution >= 4 is 16.9 Å². The van der Waals surface area contributed by atoms with Crippen LogP contribution in [-0.4, -0.2) is 42.1 Å². The number of benzene rings is 2. The van der Waals surface area contributed by atoms with Gasteiger partial charge in [0.2, 0.25) is 5.95 Å². The zero-order valence-electron chi connectivity index (χ0n) is 18.5. The summed E-state index contributed by atoms with van der Waals surface area (Å²) < 4.78 is 52.2. The first kappa shape index (κ1) is 22.9. The fourth-order valence-corrected chi connectivity index (χ4v) is 4.79. The lowest BCUT2D eigenvalue weighted by Gasteiger charge is -2.27. The molecule has 8 nitrogen and oxygen atoms in total. The van der Waals surface area contributed by atoms with Crippen LogP contribution in [0.2, 0.25) is 0 Å². The quantitative estimate of drug-likeness (QED) is 0.492. The molecule has 0 fully saturated rings. The van der Waals surface area contributed by atoms with Crippen LogP contribution in [-0.2, 0) is 22.3 Å². The molecule has 0 spiro atoms. The highest BCUT2D eigenvalue weighted by atomic mass is 32.2. The van der Waals surface area contributed by atoms with Crippen LogP contribution in [0.4, 0.5) is 10.3 Å². The molecule has 0 saturated carbocycles. The van der Waals surface area contributed by atoms with E-state index >= 15 is 4.39 Å². The van der Waals surface area contributed by atoms with Gasteiger partial charge < -0.3 is 18.9 Å². The van der Waals surface area contributed by atoms with Crippen molar-refractivity contribution in [3.8, 4) is 17.2 Å². The van der Waals surface area contributed by atoms with Crippen LogP contribution in [0, 0.1) is 5.82 Å². The van der Waals surface area contributed by atoms with Gasteiger partial charge in [-0.15, -0.1) is 0 Å². The van der Waals surface area contributed by atoms with Gasteiger partial charge in [-0.1, -0.05) is 0 Å². The molecule has 0 N–H and O–H groups in total. The van der Waals surface area contributed by atoms with Gasteiger partial charge in [-0.2, -0.15) is 0 Å². The molecule has 10 heteroatoms. The van der Waals surface area contributed by atoms with Crippen LogP contribution in [0.25, 0.3) is 0 Å². The highest BCUT2D eigenvalue weighted by Crippen LogP contribution is 2.37. The van der Waals surface area contributed by atoms with Crippen molar-refractivity contribution in [3.63, 3.8) is 0 Å². The lowest BCUT2D eigenvalue weighted by Crippen LogP contribution is -2.28. The van der Waals surface area contributed by atoms with E-state index in [2.05, 4.69) is 9.97 Å². The molecule has 2 heterocycles. The Balaban J connectivity index is 1.74. The largest absolute Gasteiger partial charge is 0.497 e. The molecule has 4 rings (SSSR count). The average Bonchev–Trinajstić information content (AvgIpc) is 2.86. The Hall–Kier alpha value is -3.24. The van der Waals surface area contributed by atoms with Crippen LogP contribution in [0.5, 0.6) is 17.2 Å². The monoisotopic (exact) mass is 473 g/mol. The molecule has 1 aromatic heterocycles. The van der Waals surface area contributed by atoms with Crippen molar-refractivity contribution in [2.45, 2.75) is 24.0 Å². The zero-order valence-corrected chi connectivity index (χ0v) is 19.3. The van der Waals surface area contributed by atoms with Gasteiger partial charge in [-0.05, 0) is 24.3 Å². The maximum absolute atomic E-state index is 15.2. The number of aromatic nitrogens is 2. The Bertz CT molecular complexity index is 1150. The smallest absolute Gasteiger partial charge is 0.237 e. The number of halogens is 1. The van der Waals surface area contributed by atoms with Gasteiger partial charge in [0.1, 0.15) is 23.1 Å². The van der Waals surface area contributed by atoms with E-state index in [1.54, 1.807) is 38.5 Å². The summed E-state index contributed by atoms with van der Waals surface area (Å²) in [5, 5.41) is 0. The first-order valence-corrected chi connectivity index (χ1v) is 11.3. The first-order chi connectivity index (χ1) is 16.0. The fourth-order valence-electron chi connectivity index (χ4n) is 3.62. The average molecular weight is 474 g/mol. The predicted octanol–water partition coefficient (Wildman–Crippen LogP) is 3.83. The Kier molecular flexibility index (Phi) is 7.05. The van der Waals surface area contributed by atoms with Crippen LogP contribution >= 0.6 is 0 Å². The van der Waals surface area contributed by atoms with Gasteiger partial charge in [0.15, 0.2) is 11.0 Å². The summed E-state index contributed by atoms with van der Waals surface area (Å²) in [5.74, 6) is 1.16. The lowest BCUT2D eigenvalue weighted by atomic mass is 10.0. The predicted molar refractivity (Wildman–Crippen MR) is 120 cm³/mol. The number of fused-ring (bicyclic) bond motifs is 1. The molecule has 3 aromatic rings. The number of hydrogen-bond acceptors (Lipinski definition) is 7. The number of rotatable bonds is 8. The van der Waals surface area contributed by atoms with Crippen LogP contribution in [0.3, 0.4) is 0 Å². The maximum Gasteiger partial charge on any atom is 0.237 e. The van der Waals surface area contributed by atoms with E-state index in [1.807, 2.05) is 0 Å². The fraction of sp³-hybridized carbons (Fsp3) is 0.304. The molecule has 2 atom stereocenters. The summed E-state index contributed by atoms with van der Waals surface area (Å²) in [6.45, 7) is 0.527. The highest BCUT2D eigenvalue weighted by Gasteiger charge is 2.28. The first-order valence-electron chi connectivity index (χ1n) is 10.2. The van der Waals surface area contributed by atoms with E-state index in [0.29, 0.717) is 41.4 Å². The molecule has 174 valence electrons. The van der Waals surface area contributed by atoms with Gasteiger partial charge in [0, 0.05) is 49.2 Å². The van der Waals surface area contributed by atoms with Gasteiger partial charge in [0.25, 0.3) is 0 Å². The molecule has 0 bridgehead atoms. The molecule has 33 heavy (non-hydrogen) atoms. The van der Waals surface area contributed by atoms with Crippen LogP contribution in [0.1, 0.15) is 23.7 Å². The third kappa shape index (κ3) is 4.76. The Morgan fingerprint density at radius 1 is 1.15 bits per heavy atom. The molecule has 2 aromatic carbocycles. The molecule has 1 aliphatic heterocycles. The zero-order chi connectivity index (χ0) is 23.4. The number of nitrogens with zero attached hydrogens (tertiary/aromatic N) is 3. The third-order valence-electron chi connectivity index (χ3n) is 5.31.